The van der Waals surface area contributed by atoms with E-state index in [0.29, 0.717) is 17.1 Å². The van der Waals surface area contributed by atoms with Crippen molar-refractivity contribution in [2.45, 2.75) is 18.8 Å². The van der Waals surface area contributed by atoms with Gasteiger partial charge in [0.25, 0.3) is 0 Å². The first-order valence-corrected chi connectivity index (χ1v) is 5.64. The molecule has 0 unspecified atom stereocenters. The Hall–Kier alpha value is -1.04. The highest BCUT2D eigenvalue weighted by Gasteiger charge is 2.19. The Balaban J connectivity index is 2.24. The van der Waals surface area contributed by atoms with Crippen molar-refractivity contribution >= 4 is 18.3 Å². The minimum absolute atomic E-state index is 0.413. The van der Waals surface area contributed by atoms with Gasteiger partial charge in [0.2, 0.25) is 0 Å². The van der Waals surface area contributed by atoms with Gasteiger partial charge >= 0.3 is 7.12 Å². The van der Waals surface area contributed by atoms with Crippen molar-refractivity contribution in [3.8, 4) is 0 Å². The highest BCUT2D eigenvalue weighted by molar-refractivity contribution is 6.60. The molecule has 0 amide bonds. The van der Waals surface area contributed by atoms with Crippen LogP contribution in [0, 0.1) is 0 Å². The molecule has 0 spiro atoms. The average Bonchev–Trinajstić information content (AvgIpc) is 2.30. The summed E-state index contributed by atoms with van der Waals surface area (Å²) in [4.78, 5) is 0. The van der Waals surface area contributed by atoms with Crippen molar-refractivity contribution in [1.29, 1.82) is 0 Å². The summed E-state index contributed by atoms with van der Waals surface area (Å²) in [6.45, 7) is 2.04. The number of piperidine rings is 1. The van der Waals surface area contributed by atoms with Crippen LogP contribution in [0.4, 0.5) is 5.69 Å². The summed E-state index contributed by atoms with van der Waals surface area (Å²) in [6, 6.07) is 5.55. The molecule has 1 aromatic carbocycles. The van der Waals surface area contributed by atoms with Crippen LogP contribution in [-0.2, 0) is 0 Å². The van der Waals surface area contributed by atoms with Crippen molar-refractivity contribution in [1.82, 2.24) is 5.32 Å². The van der Waals surface area contributed by atoms with Gasteiger partial charge in [0.1, 0.15) is 0 Å². The van der Waals surface area contributed by atoms with Gasteiger partial charge in [0.05, 0.1) is 0 Å². The second kappa shape index (κ2) is 4.87. The second-order valence-corrected chi connectivity index (χ2v) is 4.29. The van der Waals surface area contributed by atoms with E-state index in [9.17, 15) is 10.0 Å². The quantitative estimate of drug-likeness (QED) is 0.397. The van der Waals surface area contributed by atoms with Crippen LogP contribution in [-0.4, -0.2) is 30.3 Å². The lowest BCUT2D eigenvalue weighted by molar-refractivity contribution is 0.425. The molecule has 0 bridgehead atoms. The van der Waals surface area contributed by atoms with Crippen molar-refractivity contribution < 1.29 is 10.0 Å². The summed E-state index contributed by atoms with van der Waals surface area (Å²) in [5.74, 6) is 0.499. The van der Waals surface area contributed by atoms with Crippen LogP contribution >= 0.6 is 0 Å². The standard InChI is InChI=1S/C11H17BN2O2/c13-11-2-1-9(7-10(11)12(15)16)8-3-5-14-6-4-8/h1-2,7-8,14-16H,3-6,13H2. The summed E-state index contributed by atoms with van der Waals surface area (Å²) >= 11 is 0. The Labute approximate surface area is 95.6 Å². The van der Waals surface area contributed by atoms with E-state index in [4.69, 9.17) is 5.73 Å². The topological polar surface area (TPSA) is 78.5 Å². The van der Waals surface area contributed by atoms with Gasteiger partial charge in [-0.05, 0) is 43.5 Å². The third-order valence-electron chi connectivity index (χ3n) is 3.20. The smallest absolute Gasteiger partial charge is 0.423 e. The SMILES string of the molecule is Nc1ccc(C2CCNCC2)cc1B(O)O. The predicted molar refractivity (Wildman–Crippen MR) is 65.5 cm³/mol. The number of benzene rings is 1. The Kier molecular flexibility index (Phi) is 3.48. The van der Waals surface area contributed by atoms with Crippen LogP contribution in [0.1, 0.15) is 24.3 Å². The zero-order valence-corrected chi connectivity index (χ0v) is 9.19. The Morgan fingerprint density at radius 3 is 2.56 bits per heavy atom. The Bertz CT molecular complexity index is 365. The first kappa shape index (κ1) is 11.5. The van der Waals surface area contributed by atoms with E-state index in [1.807, 2.05) is 12.1 Å². The van der Waals surface area contributed by atoms with Crippen LogP contribution < -0.4 is 16.5 Å². The Morgan fingerprint density at radius 1 is 1.25 bits per heavy atom. The van der Waals surface area contributed by atoms with Gasteiger partial charge in [-0.1, -0.05) is 12.1 Å². The number of nitrogen functional groups attached to an aromatic ring is 1. The predicted octanol–water partition coefficient (Wildman–Crippen LogP) is -0.584. The first-order chi connectivity index (χ1) is 7.68. The highest BCUT2D eigenvalue weighted by atomic mass is 16.4. The number of rotatable bonds is 2. The number of nitrogens with one attached hydrogen (secondary N) is 1. The molecule has 5 N–H and O–H groups in total. The molecular weight excluding hydrogens is 203 g/mol. The van der Waals surface area contributed by atoms with Gasteiger partial charge in [-0.3, -0.25) is 0 Å². The molecule has 1 heterocycles. The van der Waals surface area contributed by atoms with Gasteiger partial charge in [-0.2, -0.15) is 0 Å². The molecule has 16 heavy (non-hydrogen) atoms. The summed E-state index contributed by atoms with van der Waals surface area (Å²) in [5, 5.41) is 21.7. The van der Waals surface area contributed by atoms with Gasteiger partial charge < -0.3 is 21.1 Å². The van der Waals surface area contributed by atoms with Crippen molar-refractivity contribution in [3.63, 3.8) is 0 Å². The number of hydrogen-bond acceptors (Lipinski definition) is 4. The summed E-state index contributed by atoms with van der Waals surface area (Å²) in [6.07, 6.45) is 2.18. The normalized spacial score (nSPS) is 17.4. The molecule has 0 atom stereocenters. The molecule has 1 aromatic rings. The zero-order chi connectivity index (χ0) is 11.5. The summed E-state index contributed by atoms with van der Waals surface area (Å²) in [5.41, 5.74) is 7.69. The Morgan fingerprint density at radius 2 is 1.94 bits per heavy atom. The molecule has 5 heteroatoms. The van der Waals surface area contributed by atoms with Crippen molar-refractivity contribution in [2.24, 2.45) is 0 Å². The molecule has 0 radical (unpaired) electrons. The third-order valence-corrected chi connectivity index (χ3v) is 3.20. The fourth-order valence-corrected chi connectivity index (χ4v) is 2.23. The van der Waals surface area contributed by atoms with E-state index in [-0.39, 0.29) is 0 Å². The van der Waals surface area contributed by atoms with Gasteiger partial charge in [-0.25, -0.2) is 0 Å². The largest absolute Gasteiger partial charge is 0.490 e. The summed E-state index contributed by atoms with van der Waals surface area (Å²) < 4.78 is 0. The van der Waals surface area contributed by atoms with E-state index in [2.05, 4.69) is 5.32 Å². The number of anilines is 1. The van der Waals surface area contributed by atoms with E-state index in [1.165, 1.54) is 0 Å². The lowest BCUT2D eigenvalue weighted by Gasteiger charge is -2.23. The molecular formula is C11H17BN2O2. The third kappa shape index (κ3) is 2.37. The molecule has 1 saturated heterocycles. The minimum atomic E-state index is -1.48. The average molecular weight is 220 g/mol. The molecule has 1 aliphatic rings. The molecule has 0 aromatic heterocycles. The molecule has 1 fully saturated rings. The monoisotopic (exact) mass is 220 g/mol. The van der Waals surface area contributed by atoms with Crippen LogP contribution in [0.25, 0.3) is 0 Å². The lowest BCUT2D eigenvalue weighted by Crippen LogP contribution is -2.33. The maximum Gasteiger partial charge on any atom is 0.490 e. The minimum Gasteiger partial charge on any atom is -0.423 e. The molecule has 0 aliphatic carbocycles. The van der Waals surface area contributed by atoms with Crippen molar-refractivity contribution in [3.05, 3.63) is 23.8 Å². The van der Waals surface area contributed by atoms with Gasteiger partial charge in [0.15, 0.2) is 0 Å². The number of nitrogens with two attached hydrogens (primary N) is 1. The first-order valence-electron chi connectivity index (χ1n) is 5.64. The number of hydrogen-bond donors (Lipinski definition) is 4. The van der Waals surface area contributed by atoms with Crippen LogP contribution in [0.5, 0.6) is 0 Å². The molecule has 86 valence electrons. The maximum absolute atomic E-state index is 9.19. The summed E-state index contributed by atoms with van der Waals surface area (Å²) in [7, 11) is -1.48. The zero-order valence-electron chi connectivity index (χ0n) is 9.19. The van der Waals surface area contributed by atoms with E-state index < -0.39 is 7.12 Å². The fraction of sp³-hybridized carbons (Fsp3) is 0.455. The highest BCUT2D eigenvalue weighted by Crippen LogP contribution is 2.25. The molecule has 2 rings (SSSR count). The second-order valence-electron chi connectivity index (χ2n) is 4.29. The van der Waals surface area contributed by atoms with E-state index in [1.54, 1.807) is 6.07 Å². The lowest BCUT2D eigenvalue weighted by atomic mass is 9.76. The van der Waals surface area contributed by atoms with Crippen LogP contribution in [0.2, 0.25) is 0 Å². The maximum atomic E-state index is 9.19. The van der Waals surface area contributed by atoms with E-state index >= 15 is 0 Å². The van der Waals surface area contributed by atoms with Crippen LogP contribution in [0.3, 0.4) is 0 Å². The van der Waals surface area contributed by atoms with E-state index in [0.717, 1.165) is 31.5 Å². The van der Waals surface area contributed by atoms with Gasteiger partial charge in [-0.15, -0.1) is 0 Å². The van der Waals surface area contributed by atoms with Crippen LogP contribution in [0.15, 0.2) is 18.2 Å². The molecule has 0 saturated carbocycles. The molecule has 4 nitrogen and oxygen atoms in total. The van der Waals surface area contributed by atoms with Crippen molar-refractivity contribution in [2.75, 3.05) is 18.8 Å². The van der Waals surface area contributed by atoms with Gasteiger partial charge in [0, 0.05) is 11.2 Å². The molecule has 1 aliphatic heterocycles. The fourth-order valence-electron chi connectivity index (χ4n) is 2.23.